The predicted molar refractivity (Wildman–Crippen MR) is 51.3 cm³/mol. The van der Waals surface area contributed by atoms with Gasteiger partial charge in [-0.1, -0.05) is 6.07 Å². The zero-order valence-electron chi connectivity index (χ0n) is 7.65. The van der Waals surface area contributed by atoms with Crippen LogP contribution in [0.25, 0.3) is 0 Å². The summed E-state index contributed by atoms with van der Waals surface area (Å²) in [4.78, 5) is 26.4. The van der Waals surface area contributed by atoms with Gasteiger partial charge < -0.3 is 4.90 Å². The number of carbonyl (C=O) groups excluding carboxylic acids is 2. The smallest absolute Gasteiger partial charge is 0.240 e. The number of isocyanates is 1. The Morgan fingerprint density at radius 3 is 3.00 bits per heavy atom. The molecule has 0 radical (unpaired) electrons. The van der Waals surface area contributed by atoms with Crippen LogP contribution >= 0.6 is 0 Å². The molecule has 2 rings (SSSR count). The first kappa shape index (κ1) is 8.66. The standard InChI is InChI=1S/C10H8N2O2/c1-12-9-5-8(11-6-13)3-2-7(9)4-10(12)14/h2-3,5H,4H2,1H3. The largest absolute Gasteiger partial charge is 0.315 e. The number of hydrogen-bond donors (Lipinski definition) is 0. The van der Waals surface area contributed by atoms with Crippen LogP contribution in [0.1, 0.15) is 5.56 Å². The second-order valence-corrected chi connectivity index (χ2v) is 3.15. The first-order valence-electron chi connectivity index (χ1n) is 4.20. The molecule has 70 valence electrons. The van der Waals surface area contributed by atoms with Crippen molar-refractivity contribution in [3.8, 4) is 0 Å². The Bertz CT molecular complexity index is 447. The zero-order chi connectivity index (χ0) is 10.1. The van der Waals surface area contributed by atoms with Gasteiger partial charge in [0.2, 0.25) is 12.0 Å². The fourth-order valence-corrected chi connectivity index (χ4v) is 1.55. The third kappa shape index (κ3) is 1.22. The number of aliphatic imine (C=N–C) groups is 1. The molecule has 0 unspecified atom stereocenters. The summed E-state index contributed by atoms with van der Waals surface area (Å²) in [7, 11) is 1.71. The Labute approximate surface area is 80.9 Å². The van der Waals surface area contributed by atoms with Gasteiger partial charge >= 0.3 is 0 Å². The summed E-state index contributed by atoms with van der Waals surface area (Å²) >= 11 is 0. The van der Waals surface area contributed by atoms with Gasteiger partial charge in [0.15, 0.2) is 0 Å². The van der Waals surface area contributed by atoms with Crippen molar-refractivity contribution in [1.29, 1.82) is 0 Å². The lowest BCUT2D eigenvalue weighted by molar-refractivity contribution is -0.117. The van der Waals surface area contributed by atoms with Crippen molar-refractivity contribution < 1.29 is 9.59 Å². The molecule has 1 aliphatic rings. The number of nitrogens with zero attached hydrogens (tertiary/aromatic N) is 2. The van der Waals surface area contributed by atoms with Gasteiger partial charge in [-0.2, -0.15) is 4.99 Å². The van der Waals surface area contributed by atoms with Crippen molar-refractivity contribution in [3.05, 3.63) is 23.8 Å². The summed E-state index contributed by atoms with van der Waals surface area (Å²) in [6.07, 6.45) is 1.90. The van der Waals surface area contributed by atoms with E-state index in [4.69, 9.17) is 0 Å². The molecule has 0 saturated carbocycles. The number of hydrogen-bond acceptors (Lipinski definition) is 3. The highest BCUT2D eigenvalue weighted by molar-refractivity contribution is 6.01. The van der Waals surface area contributed by atoms with Gasteiger partial charge in [-0.15, -0.1) is 0 Å². The van der Waals surface area contributed by atoms with E-state index in [-0.39, 0.29) is 5.91 Å². The van der Waals surface area contributed by atoms with Gasteiger partial charge in [0.1, 0.15) is 0 Å². The van der Waals surface area contributed by atoms with Crippen LogP contribution in [0, 0.1) is 0 Å². The van der Waals surface area contributed by atoms with Crippen molar-refractivity contribution >= 4 is 23.4 Å². The van der Waals surface area contributed by atoms with Crippen LogP contribution in [-0.4, -0.2) is 19.0 Å². The molecule has 0 aliphatic carbocycles. The van der Waals surface area contributed by atoms with Crippen LogP contribution in [0.5, 0.6) is 0 Å². The molecule has 1 heterocycles. The molecule has 0 aromatic heterocycles. The molecule has 4 nitrogen and oxygen atoms in total. The second-order valence-electron chi connectivity index (χ2n) is 3.15. The van der Waals surface area contributed by atoms with Crippen LogP contribution in [0.4, 0.5) is 11.4 Å². The fourth-order valence-electron chi connectivity index (χ4n) is 1.55. The molecular weight excluding hydrogens is 180 g/mol. The molecule has 1 amide bonds. The number of likely N-dealkylation sites (N-methyl/N-ethyl adjacent to an activating group) is 1. The molecule has 0 saturated heterocycles. The zero-order valence-corrected chi connectivity index (χ0v) is 7.65. The normalized spacial score (nSPS) is 13.8. The van der Waals surface area contributed by atoms with E-state index in [1.807, 2.05) is 6.07 Å². The van der Waals surface area contributed by atoms with E-state index in [0.717, 1.165) is 11.3 Å². The van der Waals surface area contributed by atoms with Crippen LogP contribution in [0.15, 0.2) is 23.2 Å². The SMILES string of the molecule is CN1C(=O)Cc2ccc(N=C=O)cc21. The molecule has 0 N–H and O–H groups in total. The second kappa shape index (κ2) is 3.09. The summed E-state index contributed by atoms with van der Waals surface area (Å²) in [6.45, 7) is 0. The lowest BCUT2D eigenvalue weighted by Gasteiger charge is -2.09. The molecule has 1 aromatic carbocycles. The van der Waals surface area contributed by atoms with E-state index < -0.39 is 0 Å². The first-order valence-corrected chi connectivity index (χ1v) is 4.20. The third-order valence-corrected chi connectivity index (χ3v) is 2.32. The molecular formula is C10H8N2O2. The Hall–Kier alpha value is -1.93. The maximum atomic E-state index is 11.3. The number of amides is 1. The minimum absolute atomic E-state index is 0.0623. The van der Waals surface area contributed by atoms with Gasteiger partial charge in [0.25, 0.3) is 0 Å². The van der Waals surface area contributed by atoms with Crippen molar-refractivity contribution in [2.24, 2.45) is 4.99 Å². The van der Waals surface area contributed by atoms with E-state index in [1.54, 1.807) is 24.1 Å². The number of benzene rings is 1. The molecule has 4 heteroatoms. The van der Waals surface area contributed by atoms with Gasteiger partial charge in [0.05, 0.1) is 12.1 Å². The summed E-state index contributed by atoms with van der Waals surface area (Å²) in [5.74, 6) is 0.0623. The van der Waals surface area contributed by atoms with Crippen molar-refractivity contribution in [1.82, 2.24) is 0 Å². The number of rotatable bonds is 1. The Kier molecular flexibility index (Phi) is 1.91. The Morgan fingerprint density at radius 1 is 1.50 bits per heavy atom. The van der Waals surface area contributed by atoms with Crippen LogP contribution in [-0.2, 0) is 16.0 Å². The fraction of sp³-hybridized carbons (Fsp3) is 0.200. The third-order valence-electron chi connectivity index (χ3n) is 2.32. The molecule has 1 aromatic rings. The molecule has 1 aliphatic heterocycles. The highest BCUT2D eigenvalue weighted by Gasteiger charge is 2.23. The Morgan fingerprint density at radius 2 is 2.29 bits per heavy atom. The van der Waals surface area contributed by atoms with Gasteiger partial charge in [-0.05, 0) is 17.7 Å². The van der Waals surface area contributed by atoms with Crippen molar-refractivity contribution in [3.63, 3.8) is 0 Å². The average molecular weight is 188 g/mol. The Balaban J connectivity index is 2.51. The molecule has 14 heavy (non-hydrogen) atoms. The maximum absolute atomic E-state index is 11.3. The molecule has 0 bridgehead atoms. The first-order chi connectivity index (χ1) is 6.72. The molecule has 0 fully saturated rings. The quantitative estimate of drug-likeness (QED) is 0.490. The number of fused-ring (bicyclic) bond motifs is 1. The topological polar surface area (TPSA) is 49.7 Å². The van der Waals surface area contributed by atoms with Crippen LogP contribution in [0.2, 0.25) is 0 Å². The van der Waals surface area contributed by atoms with Gasteiger partial charge in [0, 0.05) is 12.7 Å². The van der Waals surface area contributed by atoms with Crippen LogP contribution in [0.3, 0.4) is 0 Å². The molecule has 0 spiro atoms. The highest BCUT2D eigenvalue weighted by Crippen LogP contribution is 2.31. The predicted octanol–water partition coefficient (Wildman–Crippen LogP) is 1.17. The van der Waals surface area contributed by atoms with E-state index in [0.29, 0.717) is 12.1 Å². The molecule has 0 atom stereocenters. The summed E-state index contributed by atoms with van der Waals surface area (Å²) < 4.78 is 0. The number of anilines is 1. The highest BCUT2D eigenvalue weighted by atomic mass is 16.2. The minimum atomic E-state index is 0.0623. The van der Waals surface area contributed by atoms with Gasteiger partial charge in [-0.3, -0.25) is 4.79 Å². The lowest BCUT2D eigenvalue weighted by Crippen LogP contribution is -2.20. The summed E-state index contributed by atoms with van der Waals surface area (Å²) in [6, 6.07) is 5.23. The van der Waals surface area contributed by atoms with Crippen LogP contribution < -0.4 is 4.90 Å². The lowest BCUT2D eigenvalue weighted by atomic mass is 10.1. The van der Waals surface area contributed by atoms with Crippen molar-refractivity contribution in [2.45, 2.75) is 6.42 Å². The minimum Gasteiger partial charge on any atom is -0.315 e. The summed E-state index contributed by atoms with van der Waals surface area (Å²) in [5.41, 5.74) is 2.33. The van der Waals surface area contributed by atoms with E-state index in [2.05, 4.69) is 4.99 Å². The van der Waals surface area contributed by atoms with Crippen molar-refractivity contribution in [2.75, 3.05) is 11.9 Å². The van der Waals surface area contributed by atoms with E-state index >= 15 is 0 Å². The number of carbonyl (C=O) groups is 1. The maximum Gasteiger partial charge on any atom is 0.240 e. The van der Waals surface area contributed by atoms with E-state index in [9.17, 15) is 9.59 Å². The van der Waals surface area contributed by atoms with E-state index in [1.165, 1.54) is 6.08 Å². The van der Waals surface area contributed by atoms with Gasteiger partial charge in [-0.25, -0.2) is 4.79 Å². The monoisotopic (exact) mass is 188 g/mol. The summed E-state index contributed by atoms with van der Waals surface area (Å²) in [5, 5.41) is 0. The average Bonchev–Trinajstić information content (AvgIpc) is 2.45.